The van der Waals surface area contributed by atoms with Crippen molar-refractivity contribution < 1.29 is 0 Å². The summed E-state index contributed by atoms with van der Waals surface area (Å²) in [5, 5.41) is 2.09. The van der Waals surface area contributed by atoms with E-state index in [1.807, 2.05) is 24.3 Å². The minimum absolute atomic E-state index is 0.357. The lowest BCUT2D eigenvalue weighted by Crippen LogP contribution is -2.00. The molecule has 0 aliphatic rings. The van der Waals surface area contributed by atoms with Crippen molar-refractivity contribution in [2.75, 3.05) is 11.5 Å². The Balaban J connectivity index is 2.32. The van der Waals surface area contributed by atoms with E-state index in [2.05, 4.69) is 23.8 Å². The van der Waals surface area contributed by atoms with E-state index in [0.29, 0.717) is 11.9 Å². The highest BCUT2D eigenvalue weighted by molar-refractivity contribution is 7.99. The van der Waals surface area contributed by atoms with E-state index >= 15 is 0 Å². The maximum absolute atomic E-state index is 5.73. The molecule has 1 atom stereocenters. The van der Waals surface area contributed by atoms with Crippen molar-refractivity contribution >= 4 is 28.6 Å². The number of nitrogens with two attached hydrogens (primary N) is 1. The van der Waals surface area contributed by atoms with Gasteiger partial charge in [-0.2, -0.15) is 0 Å². The number of rotatable bonds is 4. The number of benzene rings is 1. The zero-order chi connectivity index (χ0) is 12.3. The molecule has 1 unspecified atom stereocenters. The molecule has 3 nitrogen and oxygen atoms in total. The summed E-state index contributed by atoms with van der Waals surface area (Å²) in [7, 11) is 0. The molecule has 2 rings (SSSR count). The van der Waals surface area contributed by atoms with Gasteiger partial charge in [-0.25, -0.2) is 9.97 Å². The maximum Gasteiger partial charge on any atom is 0.221 e. The first-order valence-corrected chi connectivity index (χ1v) is 6.84. The summed E-state index contributed by atoms with van der Waals surface area (Å²) in [6.45, 7) is 4.46. The Kier molecular flexibility index (Phi) is 3.84. The third-order valence-corrected chi connectivity index (χ3v) is 4.11. The van der Waals surface area contributed by atoms with Crippen LogP contribution in [0.3, 0.4) is 0 Å². The number of fused-ring (bicyclic) bond motifs is 1. The van der Waals surface area contributed by atoms with Crippen molar-refractivity contribution in [3.05, 3.63) is 24.3 Å². The standard InChI is InChI=1S/C13H17N3S/c1-3-9(2)8-17-12-10-6-4-5-7-11(10)15-13(14)16-12/h4-7,9H,3,8H2,1-2H3,(H2,14,15,16). The van der Waals surface area contributed by atoms with E-state index < -0.39 is 0 Å². The zero-order valence-electron chi connectivity index (χ0n) is 10.2. The average Bonchev–Trinajstić information content (AvgIpc) is 2.35. The minimum atomic E-state index is 0.357. The highest BCUT2D eigenvalue weighted by Gasteiger charge is 2.08. The van der Waals surface area contributed by atoms with E-state index in [-0.39, 0.29) is 0 Å². The lowest BCUT2D eigenvalue weighted by molar-refractivity contribution is 0.636. The van der Waals surface area contributed by atoms with Crippen molar-refractivity contribution in [2.45, 2.75) is 25.3 Å². The van der Waals surface area contributed by atoms with Crippen LogP contribution >= 0.6 is 11.8 Å². The summed E-state index contributed by atoms with van der Waals surface area (Å²) in [6.07, 6.45) is 1.19. The lowest BCUT2D eigenvalue weighted by Gasteiger charge is -2.09. The molecule has 0 saturated heterocycles. The van der Waals surface area contributed by atoms with Gasteiger partial charge in [0.05, 0.1) is 5.52 Å². The van der Waals surface area contributed by atoms with Gasteiger partial charge in [-0.3, -0.25) is 0 Å². The van der Waals surface area contributed by atoms with Crippen LogP contribution in [0.1, 0.15) is 20.3 Å². The van der Waals surface area contributed by atoms with Crippen LogP contribution in [-0.4, -0.2) is 15.7 Å². The van der Waals surface area contributed by atoms with E-state index in [1.165, 1.54) is 6.42 Å². The summed E-state index contributed by atoms with van der Waals surface area (Å²) in [6, 6.07) is 8.00. The van der Waals surface area contributed by atoms with Gasteiger partial charge in [-0.05, 0) is 12.0 Å². The minimum Gasteiger partial charge on any atom is -0.368 e. The number of aromatic nitrogens is 2. The predicted octanol–water partition coefficient (Wildman–Crippen LogP) is 3.35. The Morgan fingerprint density at radius 2 is 2.06 bits per heavy atom. The van der Waals surface area contributed by atoms with Crippen LogP contribution < -0.4 is 5.73 Å². The molecule has 0 radical (unpaired) electrons. The highest BCUT2D eigenvalue weighted by atomic mass is 32.2. The molecule has 1 aromatic carbocycles. The van der Waals surface area contributed by atoms with Gasteiger partial charge in [0.1, 0.15) is 5.03 Å². The highest BCUT2D eigenvalue weighted by Crippen LogP contribution is 2.27. The van der Waals surface area contributed by atoms with E-state index in [4.69, 9.17) is 5.73 Å². The summed E-state index contributed by atoms with van der Waals surface area (Å²) in [5.74, 6) is 2.11. The van der Waals surface area contributed by atoms with Crippen molar-refractivity contribution in [2.24, 2.45) is 5.92 Å². The number of hydrogen-bond acceptors (Lipinski definition) is 4. The molecule has 0 fully saturated rings. The van der Waals surface area contributed by atoms with Crippen LogP contribution in [0.4, 0.5) is 5.95 Å². The molecule has 90 valence electrons. The number of hydrogen-bond donors (Lipinski definition) is 1. The monoisotopic (exact) mass is 247 g/mol. The second-order valence-electron chi connectivity index (χ2n) is 4.23. The molecule has 0 aliphatic heterocycles. The number of para-hydroxylation sites is 1. The second-order valence-corrected chi connectivity index (χ2v) is 5.24. The Labute approximate surface area is 106 Å². The van der Waals surface area contributed by atoms with Crippen LogP contribution in [0.25, 0.3) is 10.9 Å². The Morgan fingerprint density at radius 3 is 2.82 bits per heavy atom. The van der Waals surface area contributed by atoms with E-state index in [9.17, 15) is 0 Å². The Hall–Kier alpha value is -1.29. The molecular formula is C13H17N3S. The predicted molar refractivity (Wildman–Crippen MR) is 74.1 cm³/mol. The molecule has 1 heterocycles. The van der Waals surface area contributed by atoms with Crippen LogP contribution in [0.15, 0.2) is 29.3 Å². The van der Waals surface area contributed by atoms with Crippen molar-refractivity contribution in [1.82, 2.24) is 9.97 Å². The molecule has 0 saturated carbocycles. The first-order valence-electron chi connectivity index (χ1n) is 5.85. The zero-order valence-corrected chi connectivity index (χ0v) is 11.0. The fourth-order valence-corrected chi connectivity index (χ4v) is 2.68. The number of thioether (sulfide) groups is 1. The average molecular weight is 247 g/mol. The van der Waals surface area contributed by atoms with Gasteiger partial charge in [0.25, 0.3) is 0 Å². The quantitative estimate of drug-likeness (QED) is 0.665. The SMILES string of the molecule is CCC(C)CSc1nc(N)nc2ccccc12. The molecule has 1 aromatic heterocycles. The third-order valence-electron chi connectivity index (χ3n) is 2.79. The van der Waals surface area contributed by atoms with Crippen molar-refractivity contribution in [3.8, 4) is 0 Å². The maximum atomic E-state index is 5.73. The van der Waals surface area contributed by atoms with E-state index in [0.717, 1.165) is 21.7 Å². The summed E-state index contributed by atoms with van der Waals surface area (Å²) in [5.41, 5.74) is 6.65. The summed E-state index contributed by atoms with van der Waals surface area (Å²) < 4.78 is 0. The van der Waals surface area contributed by atoms with E-state index in [1.54, 1.807) is 11.8 Å². The van der Waals surface area contributed by atoms with Gasteiger partial charge in [-0.15, -0.1) is 11.8 Å². The molecule has 0 bridgehead atoms. The molecule has 2 aromatic rings. The van der Waals surface area contributed by atoms with Crippen LogP contribution in [-0.2, 0) is 0 Å². The van der Waals surface area contributed by atoms with Crippen LogP contribution in [0.2, 0.25) is 0 Å². The number of nitrogens with zero attached hydrogens (tertiary/aromatic N) is 2. The summed E-state index contributed by atoms with van der Waals surface area (Å²) >= 11 is 1.77. The van der Waals surface area contributed by atoms with Gasteiger partial charge < -0.3 is 5.73 Å². The first kappa shape index (κ1) is 12.2. The Bertz CT molecular complexity index is 513. The largest absolute Gasteiger partial charge is 0.368 e. The second kappa shape index (κ2) is 5.36. The molecule has 0 spiro atoms. The summed E-state index contributed by atoms with van der Waals surface area (Å²) in [4.78, 5) is 8.57. The van der Waals surface area contributed by atoms with Gasteiger partial charge in [0.15, 0.2) is 0 Å². The van der Waals surface area contributed by atoms with Crippen LogP contribution in [0.5, 0.6) is 0 Å². The lowest BCUT2D eigenvalue weighted by atomic mass is 10.2. The smallest absolute Gasteiger partial charge is 0.221 e. The molecule has 4 heteroatoms. The van der Waals surface area contributed by atoms with Gasteiger partial charge in [0.2, 0.25) is 5.95 Å². The first-order chi connectivity index (χ1) is 8.20. The fraction of sp³-hybridized carbons (Fsp3) is 0.385. The van der Waals surface area contributed by atoms with Crippen molar-refractivity contribution in [3.63, 3.8) is 0 Å². The molecule has 17 heavy (non-hydrogen) atoms. The molecule has 2 N–H and O–H groups in total. The molecule has 0 aliphatic carbocycles. The normalized spacial score (nSPS) is 12.8. The number of anilines is 1. The Morgan fingerprint density at radius 1 is 1.29 bits per heavy atom. The topological polar surface area (TPSA) is 51.8 Å². The van der Waals surface area contributed by atoms with Gasteiger partial charge in [0, 0.05) is 11.1 Å². The van der Waals surface area contributed by atoms with Gasteiger partial charge in [-0.1, -0.05) is 38.5 Å². The third kappa shape index (κ3) is 2.88. The molecular weight excluding hydrogens is 230 g/mol. The van der Waals surface area contributed by atoms with Gasteiger partial charge >= 0.3 is 0 Å². The fourth-order valence-electron chi connectivity index (χ4n) is 1.51. The van der Waals surface area contributed by atoms with Crippen LogP contribution in [0, 0.1) is 5.92 Å². The number of nitrogen functional groups attached to an aromatic ring is 1. The van der Waals surface area contributed by atoms with Crippen molar-refractivity contribution in [1.29, 1.82) is 0 Å². The molecule has 0 amide bonds.